The lowest BCUT2D eigenvalue weighted by Gasteiger charge is -1.99. The van der Waals surface area contributed by atoms with Crippen molar-refractivity contribution in [2.24, 2.45) is 5.73 Å². The van der Waals surface area contributed by atoms with E-state index in [9.17, 15) is 4.79 Å². The van der Waals surface area contributed by atoms with E-state index in [1.807, 2.05) is 30.3 Å². The number of nitrogens with two attached hydrogens (primary N) is 1. The molecule has 1 aromatic carbocycles. The van der Waals surface area contributed by atoms with Gasteiger partial charge < -0.3 is 10.2 Å². The summed E-state index contributed by atoms with van der Waals surface area (Å²) in [4.78, 5) is 10.7. The molecule has 3 heteroatoms. The molecule has 0 fully saturated rings. The van der Waals surface area contributed by atoms with E-state index in [2.05, 4.69) is 12.1 Å². The minimum atomic E-state index is -0.294. The van der Waals surface area contributed by atoms with Gasteiger partial charge in [-0.3, -0.25) is 4.79 Å². The number of carbonyl (C=O) groups excluding carboxylic acids is 1. The van der Waals surface area contributed by atoms with E-state index in [1.165, 1.54) is 5.56 Å². The number of hydrogen-bond donors (Lipinski definition) is 1. The summed E-state index contributed by atoms with van der Waals surface area (Å²) in [6.45, 7) is 0. The van der Waals surface area contributed by atoms with Crippen molar-refractivity contribution in [3.63, 3.8) is 0 Å². The van der Waals surface area contributed by atoms with Gasteiger partial charge in [-0.15, -0.1) is 0 Å². The highest BCUT2D eigenvalue weighted by Crippen LogP contribution is 2.13. The Morgan fingerprint density at radius 2 is 1.61 bits per heavy atom. The highest BCUT2D eigenvalue weighted by atomic mass is 16.3. The Bertz CT molecular complexity index is 502. The SMILES string of the molecule is NC(=O)CCc1ccc(CCc2ccccc2)o1. The summed E-state index contributed by atoms with van der Waals surface area (Å²) >= 11 is 0. The maximum Gasteiger partial charge on any atom is 0.217 e. The van der Waals surface area contributed by atoms with Gasteiger partial charge in [0.05, 0.1) is 0 Å². The lowest BCUT2D eigenvalue weighted by Crippen LogP contribution is -2.10. The Balaban J connectivity index is 1.85. The fourth-order valence-corrected chi connectivity index (χ4v) is 1.85. The Labute approximate surface area is 107 Å². The van der Waals surface area contributed by atoms with Gasteiger partial charge in [0, 0.05) is 19.3 Å². The Kier molecular flexibility index (Phi) is 4.18. The maximum atomic E-state index is 10.7. The van der Waals surface area contributed by atoms with Crippen LogP contribution in [0.4, 0.5) is 0 Å². The van der Waals surface area contributed by atoms with Crippen LogP contribution in [0, 0.1) is 0 Å². The smallest absolute Gasteiger partial charge is 0.217 e. The number of amides is 1. The second-order valence-corrected chi connectivity index (χ2v) is 4.32. The quantitative estimate of drug-likeness (QED) is 0.847. The third kappa shape index (κ3) is 3.77. The van der Waals surface area contributed by atoms with Gasteiger partial charge in [0.15, 0.2) is 0 Å². The lowest BCUT2D eigenvalue weighted by molar-refractivity contribution is -0.118. The molecule has 0 aliphatic carbocycles. The average Bonchev–Trinajstić information content (AvgIpc) is 2.83. The largest absolute Gasteiger partial charge is 0.466 e. The van der Waals surface area contributed by atoms with Crippen LogP contribution in [0.1, 0.15) is 23.5 Å². The first kappa shape index (κ1) is 12.4. The normalized spacial score (nSPS) is 10.4. The van der Waals surface area contributed by atoms with Crippen molar-refractivity contribution < 1.29 is 9.21 Å². The Morgan fingerprint density at radius 3 is 2.28 bits per heavy atom. The topological polar surface area (TPSA) is 56.2 Å². The number of rotatable bonds is 6. The first-order chi connectivity index (χ1) is 8.74. The number of furan rings is 1. The van der Waals surface area contributed by atoms with Crippen molar-refractivity contribution in [1.82, 2.24) is 0 Å². The zero-order valence-corrected chi connectivity index (χ0v) is 10.3. The minimum absolute atomic E-state index is 0.294. The van der Waals surface area contributed by atoms with Gasteiger partial charge in [0.2, 0.25) is 5.91 Å². The van der Waals surface area contributed by atoms with Crippen LogP contribution in [0.25, 0.3) is 0 Å². The highest BCUT2D eigenvalue weighted by Gasteiger charge is 2.04. The molecule has 0 saturated carbocycles. The number of carbonyl (C=O) groups is 1. The summed E-state index contributed by atoms with van der Waals surface area (Å²) in [5, 5.41) is 0. The molecule has 2 N–H and O–H groups in total. The van der Waals surface area contributed by atoms with Crippen molar-refractivity contribution in [2.45, 2.75) is 25.7 Å². The van der Waals surface area contributed by atoms with Crippen LogP contribution in [-0.4, -0.2) is 5.91 Å². The molecule has 94 valence electrons. The third-order valence-corrected chi connectivity index (χ3v) is 2.84. The summed E-state index contributed by atoms with van der Waals surface area (Å²) in [5.41, 5.74) is 6.40. The van der Waals surface area contributed by atoms with Gasteiger partial charge >= 0.3 is 0 Å². The molecule has 18 heavy (non-hydrogen) atoms. The molecule has 2 rings (SSSR count). The predicted octanol–water partition coefficient (Wildman–Crippen LogP) is 2.48. The molecule has 3 nitrogen and oxygen atoms in total. The zero-order valence-electron chi connectivity index (χ0n) is 10.3. The standard InChI is InChI=1S/C15H17NO2/c16-15(17)11-10-14-9-8-13(18-14)7-6-12-4-2-1-3-5-12/h1-5,8-9H,6-7,10-11H2,(H2,16,17). The molecular weight excluding hydrogens is 226 g/mol. The summed E-state index contributed by atoms with van der Waals surface area (Å²) in [6, 6.07) is 14.2. The van der Waals surface area contributed by atoms with Gasteiger partial charge in [-0.25, -0.2) is 0 Å². The molecule has 0 bridgehead atoms. The van der Waals surface area contributed by atoms with Crippen LogP contribution in [0.15, 0.2) is 46.9 Å². The van der Waals surface area contributed by atoms with Gasteiger partial charge in [-0.2, -0.15) is 0 Å². The number of hydrogen-bond acceptors (Lipinski definition) is 2. The first-order valence-corrected chi connectivity index (χ1v) is 6.14. The van der Waals surface area contributed by atoms with Crippen LogP contribution in [0.5, 0.6) is 0 Å². The first-order valence-electron chi connectivity index (χ1n) is 6.14. The van der Waals surface area contributed by atoms with Gasteiger partial charge in [-0.1, -0.05) is 30.3 Å². The fraction of sp³-hybridized carbons (Fsp3) is 0.267. The highest BCUT2D eigenvalue weighted by molar-refractivity contribution is 5.73. The van der Waals surface area contributed by atoms with E-state index in [4.69, 9.17) is 10.2 Å². The monoisotopic (exact) mass is 243 g/mol. The minimum Gasteiger partial charge on any atom is -0.466 e. The summed E-state index contributed by atoms with van der Waals surface area (Å²) in [6.07, 6.45) is 2.76. The van der Waals surface area contributed by atoms with Crippen molar-refractivity contribution >= 4 is 5.91 Å². The number of primary amides is 1. The van der Waals surface area contributed by atoms with Crippen molar-refractivity contribution in [2.75, 3.05) is 0 Å². The Morgan fingerprint density at radius 1 is 0.944 bits per heavy atom. The molecule has 0 spiro atoms. The number of aryl methyl sites for hydroxylation is 3. The second kappa shape index (κ2) is 6.05. The maximum absolute atomic E-state index is 10.7. The summed E-state index contributed by atoms with van der Waals surface area (Å²) in [5.74, 6) is 1.49. The van der Waals surface area contributed by atoms with Crippen LogP contribution in [0.2, 0.25) is 0 Å². The summed E-state index contributed by atoms with van der Waals surface area (Å²) < 4.78 is 5.65. The van der Waals surface area contributed by atoms with Crippen LogP contribution in [-0.2, 0) is 24.1 Å². The van der Waals surface area contributed by atoms with E-state index in [0.717, 1.165) is 24.4 Å². The summed E-state index contributed by atoms with van der Waals surface area (Å²) in [7, 11) is 0. The van der Waals surface area contributed by atoms with Crippen LogP contribution < -0.4 is 5.73 Å². The van der Waals surface area contributed by atoms with Crippen molar-refractivity contribution in [3.8, 4) is 0 Å². The Hall–Kier alpha value is -2.03. The second-order valence-electron chi connectivity index (χ2n) is 4.32. The third-order valence-electron chi connectivity index (χ3n) is 2.84. The van der Waals surface area contributed by atoms with Crippen LogP contribution >= 0.6 is 0 Å². The molecule has 0 aliphatic heterocycles. The van der Waals surface area contributed by atoms with Crippen LogP contribution in [0.3, 0.4) is 0 Å². The number of benzene rings is 1. The molecule has 0 unspecified atom stereocenters. The predicted molar refractivity (Wildman–Crippen MR) is 70.1 cm³/mol. The lowest BCUT2D eigenvalue weighted by atomic mass is 10.1. The van der Waals surface area contributed by atoms with E-state index in [0.29, 0.717) is 12.8 Å². The molecular formula is C15H17NO2. The van der Waals surface area contributed by atoms with E-state index >= 15 is 0 Å². The van der Waals surface area contributed by atoms with Gasteiger partial charge in [0.25, 0.3) is 0 Å². The molecule has 1 amide bonds. The molecule has 0 aliphatic rings. The van der Waals surface area contributed by atoms with Crippen molar-refractivity contribution in [1.29, 1.82) is 0 Å². The molecule has 0 atom stereocenters. The van der Waals surface area contributed by atoms with Gasteiger partial charge in [0.1, 0.15) is 11.5 Å². The molecule has 0 saturated heterocycles. The molecule has 0 radical (unpaired) electrons. The van der Waals surface area contributed by atoms with E-state index < -0.39 is 0 Å². The zero-order chi connectivity index (χ0) is 12.8. The fourth-order valence-electron chi connectivity index (χ4n) is 1.85. The van der Waals surface area contributed by atoms with Crippen molar-refractivity contribution in [3.05, 3.63) is 59.5 Å². The average molecular weight is 243 g/mol. The van der Waals surface area contributed by atoms with E-state index in [-0.39, 0.29) is 5.91 Å². The van der Waals surface area contributed by atoms with Gasteiger partial charge in [-0.05, 0) is 24.1 Å². The molecule has 1 heterocycles. The van der Waals surface area contributed by atoms with E-state index in [1.54, 1.807) is 0 Å². The molecule has 1 aromatic heterocycles. The molecule has 2 aromatic rings.